The van der Waals surface area contributed by atoms with E-state index < -0.39 is 0 Å². The summed E-state index contributed by atoms with van der Waals surface area (Å²) in [5.74, 6) is 0.289. The van der Waals surface area contributed by atoms with Gasteiger partial charge in [-0.15, -0.1) is 11.3 Å². The van der Waals surface area contributed by atoms with Gasteiger partial charge in [-0.3, -0.25) is 15.0 Å². The van der Waals surface area contributed by atoms with Crippen LogP contribution in [0.3, 0.4) is 0 Å². The van der Waals surface area contributed by atoms with E-state index in [1.165, 1.54) is 9.55 Å². The number of halogens is 1. The van der Waals surface area contributed by atoms with Gasteiger partial charge in [0.15, 0.2) is 0 Å². The lowest BCUT2D eigenvalue weighted by molar-refractivity contribution is 0.100. The highest BCUT2D eigenvalue weighted by molar-refractivity contribution is 14.1. The van der Waals surface area contributed by atoms with Crippen molar-refractivity contribution in [3.63, 3.8) is 0 Å². The van der Waals surface area contributed by atoms with E-state index in [1.54, 1.807) is 17.4 Å². The minimum atomic E-state index is -0.294. The molecule has 2 aromatic heterocycles. The van der Waals surface area contributed by atoms with Gasteiger partial charge in [-0.1, -0.05) is 19.1 Å². The first kappa shape index (κ1) is 17.7. The molecule has 7 heteroatoms. The highest BCUT2D eigenvalue weighted by Crippen LogP contribution is 2.33. The molecule has 26 heavy (non-hydrogen) atoms. The number of aromatic nitrogens is 2. The van der Waals surface area contributed by atoms with Gasteiger partial charge in [0.25, 0.3) is 11.5 Å². The number of fused-ring (bicyclic) bond motifs is 3. The van der Waals surface area contributed by atoms with Crippen molar-refractivity contribution in [2.45, 2.75) is 39.0 Å². The Kier molecular flexibility index (Phi) is 4.83. The SMILES string of the molecule is CCc1nc2sc3c(c2c(=O)n1NC(=O)c1ccccc1I)CCCC3. The van der Waals surface area contributed by atoms with E-state index in [0.29, 0.717) is 23.2 Å². The molecule has 0 bridgehead atoms. The number of hydrogen-bond donors (Lipinski definition) is 1. The molecule has 0 unspecified atom stereocenters. The van der Waals surface area contributed by atoms with E-state index >= 15 is 0 Å². The minimum absolute atomic E-state index is 0.162. The Morgan fingerprint density at radius 3 is 2.85 bits per heavy atom. The molecular weight excluding hydrogens is 461 g/mol. The maximum Gasteiger partial charge on any atom is 0.281 e. The molecule has 2 heterocycles. The Balaban J connectivity index is 1.84. The molecule has 0 saturated carbocycles. The standard InChI is InChI=1S/C19H18IN3O2S/c1-2-15-21-18-16(12-8-4-6-10-14(12)26-18)19(25)23(15)22-17(24)11-7-3-5-9-13(11)20/h3,5,7,9H,2,4,6,8,10H2,1H3,(H,22,24). The van der Waals surface area contributed by atoms with Crippen LogP contribution in [-0.2, 0) is 19.3 Å². The first-order valence-corrected chi connectivity index (χ1v) is 10.6. The van der Waals surface area contributed by atoms with Crippen LogP contribution in [0.15, 0.2) is 29.1 Å². The highest BCUT2D eigenvalue weighted by Gasteiger charge is 2.22. The van der Waals surface area contributed by atoms with E-state index in [1.807, 2.05) is 25.1 Å². The Bertz CT molecular complexity index is 1070. The molecule has 1 aromatic carbocycles. The van der Waals surface area contributed by atoms with Crippen molar-refractivity contribution in [2.24, 2.45) is 0 Å². The average Bonchev–Trinajstić information content (AvgIpc) is 3.02. The van der Waals surface area contributed by atoms with Crippen molar-refractivity contribution in [3.05, 3.63) is 60.0 Å². The van der Waals surface area contributed by atoms with Crippen LogP contribution in [0.25, 0.3) is 10.2 Å². The fraction of sp³-hybridized carbons (Fsp3) is 0.316. The number of carbonyl (C=O) groups excluding carboxylic acids is 1. The van der Waals surface area contributed by atoms with Gasteiger partial charge in [0.05, 0.1) is 10.9 Å². The van der Waals surface area contributed by atoms with E-state index in [2.05, 4.69) is 28.0 Å². The van der Waals surface area contributed by atoms with E-state index in [-0.39, 0.29) is 11.5 Å². The third-order valence-corrected chi connectivity index (χ3v) is 6.83. The van der Waals surface area contributed by atoms with Crippen LogP contribution in [-0.4, -0.2) is 15.6 Å². The van der Waals surface area contributed by atoms with Crippen molar-refractivity contribution in [3.8, 4) is 0 Å². The molecular formula is C19H18IN3O2S. The lowest BCUT2D eigenvalue weighted by Crippen LogP contribution is -2.36. The fourth-order valence-corrected chi connectivity index (χ4v) is 5.31. The van der Waals surface area contributed by atoms with Crippen LogP contribution in [0.5, 0.6) is 0 Å². The summed E-state index contributed by atoms with van der Waals surface area (Å²) in [4.78, 5) is 32.7. The van der Waals surface area contributed by atoms with Crippen LogP contribution in [0.1, 0.15) is 46.4 Å². The molecule has 4 rings (SSSR count). The second-order valence-electron chi connectivity index (χ2n) is 6.33. The van der Waals surface area contributed by atoms with Crippen LogP contribution in [0, 0.1) is 3.57 Å². The summed E-state index contributed by atoms with van der Waals surface area (Å²) in [7, 11) is 0. The molecule has 1 aliphatic carbocycles. The molecule has 0 aliphatic heterocycles. The Morgan fingerprint density at radius 2 is 2.08 bits per heavy atom. The zero-order chi connectivity index (χ0) is 18.3. The van der Waals surface area contributed by atoms with Gasteiger partial charge in [0.1, 0.15) is 10.7 Å². The fourth-order valence-electron chi connectivity index (χ4n) is 3.41. The molecule has 134 valence electrons. The Hall–Kier alpha value is -1.74. The molecule has 1 amide bonds. The minimum Gasteiger partial charge on any atom is -0.267 e. The lowest BCUT2D eigenvalue weighted by atomic mass is 9.97. The Morgan fingerprint density at radius 1 is 1.31 bits per heavy atom. The predicted octanol–water partition coefficient (Wildman–Crippen LogP) is 3.89. The molecule has 0 spiro atoms. The topological polar surface area (TPSA) is 64.0 Å². The third-order valence-electron chi connectivity index (χ3n) is 4.71. The molecule has 1 aliphatic rings. The van der Waals surface area contributed by atoms with Crippen molar-refractivity contribution < 1.29 is 4.79 Å². The lowest BCUT2D eigenvalue weighted by Gasteiger charge is -2.14. The van der Waals surface area contributed by atoms with Gasteiger partial charge in [0, 0.05) is 14.9 Å². The molecule has 0 radical (unpaired) electrons. The van der Waals surface area contributed by atoms with E-state index in [9.17, 15) is 9.59 Å². The first-order valence-electron chi connectivity index (χ1n) is 8.72. The largest absolute Gasteiger partial charge is 0.281 e. The number of nitrogens with one attached hydrogen (secondary N) is 1. The summed E-state index contributed by atoms with van der Waals surface area (Å²) in [6, 6.07) is 7.33. The third kappa shape index (κ3) is 2.96. The van der Waals surface area contributed by atoms with Gasteiger partial charge >= 0.3 is 0 Å². The van der Waals surface area contributed by atoms with Gasteiger partial charge in [-0.05, 0) is 66.0 Å². The molecule has 0 saturated heterocycles. The van der Waals surface area contributed by atoms with Crippen molar-refractivity contribution >= 4 is 50.1 Å². The summed E-state index contributed by atoms with van der Waals surface area (Å²) in [5, 5.41) is 0.685. The van der Waals surface area contributed by atoms with Gasteiger partial charge in [-0.2, -0.15) is 0 Å². The second-order valence-corrected chi connectivity index (χ2v) is 8.58. The van der Waals surface area contributed by atoms with Crippen LogP contribution in [0.4, 0.5) is 0 Å². The van der Waals surface area contributed by atoms with Crippen molar-refractivity contribution in [1.29, 1.82) is 0 Å². The zero-order valence-electron chi connectivity index (χ0n) is 14.3. The molecule has 0 fully saturated rings. The van der Waals surface area contributed by atoms with Gasteiger partial charge < -0.3 is 0 Å². The predicted molar refractivity (Wildman–Crippen MR) is 113 cm³/mol. The molecule has 1 N–H and O–H groups in total. The Labute approximate surface area is 168 Å². The normalized spacial score (nSPS) is 13.6. The summed E-state index contributed by atoms with van der Waals surface area (Å²) in [6.45, 7) is 1.94. The summed E-state index contributed by atoms with van der Waals surface area (Å²) in [5.41, 5.74) is 4.30. The molecule has 5 nitrogen and oxygen atoms in total. The zero-order valence-corrected chi connectivity index (χ0v) is 17.3. The smallest absolute Gasteiger partial charge is 0.267 e. The number of benzene rings is 1. The van der Waals surface area contributed by atoms with E-state index in [0.717, 1.165) is 39.6 Å². The van der Waals surface area contributed by atoms with Crippen LogP contribution >= 0.6 is 33.9 Å². The number of nitrogens with zero attached hydrogens (tertiary/aromatic N) is 2. The number of thiophene rings is 1. The van der Waals surface area contributed by atoms with Crippen molar-refractivity contribution in [2.75, 3.05) is 5.43 Å². The second kappa shape index (κ2) is 7.11. The van der Waals surface area contributed by atoms with Crippen LogP contribution < -0.4 is 11.0 Å². The summed E-state index contributed by atoms with van der Waals surface area (Å²) in [6.07, 6.45) is 4.77. The van der Waals surface area contributed by atoms with Crippen molar-refractivity contribution in [1.82, 2.24) is 9.66 Å². The maximum absolute atomic E-state index is 13.2. The quantitative estimate of drug-likeness (QED) is 0.580. The van der Waals surface area contributed by atoms with Crippen LogP contribution in [0.2, 0.25) is 0 Å². The molecule has 3 aromatic rings. The number of aryl methyl sites for hydroxylation is 3. The number of carbonyl (C=O) groups is 1. The average molecular weight is 479 g/mol. The van der Waals surface area contributed by atoms with E-state index in [4.69, 9.17) is 4.98 Å². The number of hydrogen-bond acceptors (Lipinski definition) is 4. The number of amides is 1. The number of rotatable bonds is 3. The molecule has 0 atom stereocenters. The highest BCUT2D eigenvalue weighted by atomic mass is 127. The summed E-state index contributed by atoms with van der Waals surface area (Å²) >= 11 is 3.76. The maximum atomic E-state index is 13.2. The first-order chi connectivity index (χ1) is 12.6. The van der Waals surface area contributed by atoms with Gasteiger partial charge in [0.2, 0.25) is 0 Å². The summed E-state index contributed by atoms with van der Waals surface area (Å²) < 4.78 is 2.19. The van der Waals surface area contributed by atoms with Gasteiger partial charge in [-0.25, -0.2) is 9.66 Å². The monoisotopic (exact) mass is 479 g/mol.